The molecule has 0 radical (unpaired) electrons. The van der Waals surface area contributed by atoms with E-state index in [0.717, 1.165) is 18.7 Å². The molecule has 1 heterocycles. The lowest BCUT2D eigenvalue weighted by atomic mass is 10.1. The molecule has 3 rings (SSSR count). The van der Waals surface area contributed by atoms with E-state index in [1.54, 1.807) is 12.3 Å². The van der Waals surface area contributed by atoms with Crippen molar-refractivity contribution in [2.45, 2.75) is 18.9 Å². The number of hydrogen-bond donors (Lipinski definition) is 2. The van der Waals surface area contributed by atoms with Crippen LogP contribution in [0.4, 0.5) is 11.5 Å². The quantitative estimate of drug-likeness (QED) is 0.872. The molecule has 1 aliphatic rings. The normalized spacial score (nSPS) is 14.5. The van der Waals surface area contributed by atoms with Gasteiger partial charge in [0, 0.05) is 12.2 Å². The number of anilines is 2. The fourth-order valence-electron chi connectivity index (χ4n) is 2.43. The lowest BCUT2D eigenvalue weighted by Gasteiger charge is -2.14. The Labute approximate surface area is 111 Å². The highest BCUT2D eigenvalue weighted by atomic mass is 35.5. The number of benzene rings is 1. The van der Waals surface area contributed by atoms with Gasteiger partial charge in [-0.15, -0.1) is 0 Å². The molecule has 1 aromatic carbocycles. The molecular weight excluding hydrogens is 246 g/mol. The number of rotatable bonds is 2. The maximum atomic E-state index is 5.90. The minimum atomic E-state index is 0.360. The Balaban J connectivity index is 1.76. The molecule has 4 heteroatoms. The second-order valence-electron chi connectivity index (χ2n) is 4.61. The third-order valence-electron chi connectivity index (χ3n) is 3.28. The molecule has 0 bridgehead atoms. The summed E-state index contributed by atoms with van der Waals surface area (Å²) < 4.78 is 0. The molecule has 1 aromatic heterocycles. The molecule has 18 heavy (non-hydrogen) atoms. The number of nitrogens with zero attached hydrogens (tertiary/aromatic N) is 1. The summed E-state index contributed by atoms with van der Waals surface area (Å²) in [4.78, 5) is 4.24. The molecule has 0 fully saturated rings. The van der Waals surface area contributed by atoms with Crippen LogP contribution in [0.1, 0.15) is 11.1 Å². The van der Waals surface area contributed by atoms with E-state index in [-0.39, 0.29) is 0 Å². The van der Waals surface area contributed by atoms with Gasteiger partial charge in [0.1, 0.15) is 5.82 Å². The Kier molecular flexibility index (Phi) is 2.84. The summed E-state index contributed by atoms with van der Waals surface area (Å²) in [6, 6.07) is 10.6. The van der Waals surface area contributed by atoms with Crippen molar-refractivity contribution < 1.29 is 0 Å². The minimum Gasteiger partial charge on any atom is -0.396 e. The SMILES string of the molecule is Nc1cc(Cl)cnc1NC1Cc2ccccc2C1. The summed E-state index contributed by atoms with van der Waals surface area (Å²) in [6.07, 6.45) is 3.64. The van der Waals surface area contributed by atoms with Crippen LogP contribution in [0, 0.1) is 0 Å². The van der Waals surface area contributed by atoms with E-state index in [0.29, 0.717) is 16.8 Å². The van der Waals surface area contributed by atoms with Crippen LogP contribution in [-0.2, 0) is 12.8 Å². The van der Waals surface area contributed by atoms with E-state index >= 15 is 0 Å². The third kappa shape index (κ3) is 2.14. The van der Waals surface area contributed by atoms with Gasteiger partial charge in [0.25, 0.3) is 0 Å². The highest BCUT2D eigenvalue weighted by molar-refractivity contribution is 6.30. The van der Waals surface area contributed by atoms with Crippen LogP contribution in [0.3, 0.4) is 0 Å². The van der Waals surface area contributed by atoms with Gasteiger partial charge in [0.05, 0.1) is 10.7 Å². The molecule has 1 aliphatic carbocycles. The Morgan fingerprint density at radius 1 is 1.22 bits per heavy atom. The highest BCUT2D eigenvalue weighted by Gasteiger charge is 2.21. The first kappa shape index (κ1) is 11.4. The minimum absolute atomic E-state index is 0.360. The van der Waals surface area contributed by atoms with Crippen molar-refractivity contribution in [3.05, 3.63) is 52.7 Å². The Hall–Kier alpha value is -1.74. The van der Waals surface area contributed by atoms with Crippen LogP contribution in [0.5, 0.6) is 0 Å². The van der Waals surface area contributed by atoms with Gasteiger partial charge < -0.3 is 11.1 Å². The fraction of sp³-hybridized carbons (Fsp3) is 0.214. The van der Waals surface area contributed by atoms with Crippen LogP contribution in [0.25, 0.3) is 0 Å². The van der Waals surface area contributed by atoms with Gasteiger partial charge in [0.2, 0.25) is 0 Å². The molecule has 3 N–H and O–H groups in total. The largest absolute Gasteiger partial charge is 0.396 e. The van der Waals surface area contributed by atoms with Crippen molar-refractivity contribution in [1.82, 2.24) is 4.98 Å². The molecule has 0 aliphatic heterocycles. The van der Waals surface area contributed by atoms with Crippen molar-refractivity contribution >= 4 is 23.1 Å². The zero-order chi connectivity index (χ0) is 12.5. The maximum Gasteiger partial charge on any atom is 0.149 e. The van der Waals surface area contributed by atoms with Gasteiger partial charge in [-0.1, -0.05) is 35.9 Å². The lowest BCUT2D eigenvalue weighted by molar-refractivity contribution is 0.769. The molecule has 92 valence electrons. The van der Waals surface area contributed by atoms with Gasteiger partial charge in [-0.05, 0) is 30.0 Å². The summed E-state index contributed by atoms with van der Waals surface area (Å²) in [5.74, 6) is 0.720. The maximum absolute atomic E-state index is 5.90. The topological polar surface area (TPSA) is 50.9 Å². The first-order valence-electron chi connectivity index (χ1n) is 5.97. The molecule has 0 atom stereocenters. The van der Waals surface area contributed by atoms with Crippen molar-refractivity contribution in [3.63, 3.8) is 0 Å². The van der Waals surface area contributed by atoms with E-state index in [2.05, 4.69) is 34.6 Å². The van der Waals surface area contributed by atoms with Crippen LogP contribution < -0.4 is 11.1 Å². The first-order chi connectivity index (χ1) is 8.72. The number of nitrogen functional groups attached to an aromatic ring is 1. The number of pyridine rings is 1. The molecule has 0 amide bonds. The van der Waals surface area contributed by atoms with Crippen LogP contribution in [-0.4, -0.2) is 11.0 Å². The lowest BCUT2D eigenvalue weighted by Crippen LogP contribution is -2.21. The number of halogens is 1. The third-order valence-corrected chi connectivity index (χ3v) is 3.48. The number of aromatic nitrogens is 1. The average molecular weight is 260 g/mol. The van der Waals surface area contributed by atoms with Crippen molar-refractivity contribution in [2.75, 3.05) is 11.1 Å². The summed E-state index contributed by atoms with van der Waals surface area (Å²) in [5.41, 5.74) is 9.30. The van der Waals surface area contributed by atoms with E-state index in [4.69, 9.17) is 17.3 Å². The van der Waals surface area contributed by atoms with Crippen LogP contribution in [0.2, 0.25) is 5.02 Å². The predicted octanol–water partition coefficient (Wildman–Crippen LogP) is 2.90. The Morgan fingerprint density at radius 3 is 2.50 bits per heavy atom. The van der Waals surface area contributed by atoms with Crippen LogP contribution >= 0.6 is 11.6 Å². The van der Waals surface area contributed by atoms with E-state index in [9.17, 15) is 0 Å². The van der Waals surface area contributed by atoms with Crippen molar-refractivity contribution in [1.29, 1.82) is 0 Å². The van der Waals surface area contributed by atoms with E-state index < -0.39 is 0 Å². The van der Waals surface area contributed by atoms with Gasteiger partial charge in [-0.25, -0.2) is 4.98 Å². The monoisotopic (exact) mass is 259 g/mol. The second-order valence-corrected chi connectivity index (χ2v) is 5.05. The predicted molar refractivity (Wildman–Crippen MR) is 74.9 cm³/mol. The Morgan fingerprint density at radius 2 is 1.89 bits per heavy atom. The van der Waals surface area contributed by atoms with Gasteiger partial charge in [-0.2, -0.15) is 0 Å². The van der Waals surface area contributed by atoms with Crippen molar-refractivity contribution in [2.24, 2.45) is 0 Å². The zero-order valence-corrected chi connectivity index (χ0v) is 10.6. The molecule has 0 unspecified atom stereocenters. The number of nitrogens with two attached hydrogens (primary N) is 1. The fourth-order valence-corrected chi connectivity index (χ4v) is 2.60. The van der Waals surface area contributed by atoms with E-state index in [1.165, 1.54) is 11.1 Å². The molecule has 0 saturated heterocycles. The first-order valence-corrected chi connectivity index (χ1v) is 6.34. The molecule has 0 saturated carbocycles. The van der Waals surface area contributed by atoms with Gasteiger partial charge >= 0.3 is 0 Å². The number of hydrogen-bond acceptors (Lipinski definition) is 3. The van der Waals surface area contributed by atoms with Crippen LogP contribution in [0.15, 0.2) is 36.5 Å². The highest BCUT2D eigenvalue weighted by Crippen LogP contribution is 2.26. The Bertz CT molecular complexity index is 558. The van der Waals surface area contributed by atoms with Crippen molar-refractivity contribution in [3.8, 4) is 0 Å². The summed E-state index contributed by atoms with van der Waals surface area (Å²) in [7, 11) is 0. The summed E-state index contributed by atoms with van der Waals surface area (Å²) in [5, 5.41) is 3.95. The summed E-state index contributed by atoms with van der Waals surface area (Å²) >= 11 is 5.84. The molecular formula is C14H14ClN3. The zero-order valence-electron chi connectivity index (χ0n) is 9.86. The number of nitrogens with one attached hydrogen (secondary N) is 1. The molecule has 2 aromatic rings. The van der Waals surface area contributed by atoms with E-state index in [1.807, 2.05) is 0 Å². The average Bonchev–Trinajstić information content (AvgIpc) is 2.75. The molecule has 0 spiro atoms. The summed E-state index contributed by atoms with van der Waals surface area (Å²) in [6.45, 7) is 0. The van der Waals surface area contributed by atoms with Gasteiger partial charge in [-0.3, -0.25) is 0 Å². The standard InChI is InChI=1S/C14H14ClN3/c15-11-7-13(16)14(17-8-11)18-12-5-9-3-1-2-4-10(9)6-12/h1-4,7-8,12H,5-6,16H2,(H,17,18). The smallest absolute Gasteiger partial charge is 0.149 e. The molecule has 3 nitrogen and oxygen atoms in total. The number of fused-ring (bicyclic) bond motifs is 1. The van der Waals surface area contributed by atoms with Gasteiger partial charge in [0.15, 0.2) is 0 Å². The second kappa shape index (κ2) is 4.50.